The number of phenolic OH excluding ortho intramolecular Hbond substituents is 1. The van der Waals surface area contributed by atoms with Gasteiger partial charge in [-0.1, -0.05) is 30.3 Å². The Bertz CT molecular complexity index is 553. The highest BCUT2D eigenvalue weighted by Gasteiger charge is 2.00. The van der Waals surface area contributed by atoms with Gasteiger partial charge < -0.3 is 15.3 Å². The zero-order chi connectivity index (χ0) is 13.5. The van der Waals surface area contributed by atoms with Crippen LogP contribution >= 0.6 is 0 Å². The van der Waals surface area contributed by atoms with Crippen molar-refractivity contribution in [1.82, 2.24) is 5.43 Å². The highest BCUT2D eigenvalue weighted by molar-refractivity contribution is 5.80. The Labute approximate surface area is 112 Å². The van der Waals surface area contributed by atoms with Gasteiger partial charge in [0, 0.05) is 0 Å². The Morgan fingerprint density at radius 1 is 1.21 bits per heavy atom. The molecule has 0 fully saturated rings. The number of nitrogens with zero attached hydrogens (tertiary/aromatic N) is 1. The second-order valence-electron chi connectivity index (χ2n) is 4.01. The Morgan fingerprint density at radius 2 is 2.00 bits per heavy atom. The van der Waals surface area contributed by atoms with Gasteiger partial charge in [-0.25, -0.2) is 0 Å². The first kappa shape index (κ1) is 13.0. The van der Waals surface area contributed by atoms with Crippen molar-refractivity contribution in [2.24, 2.45) is 5.10 Å². The highest BCUT2D eigenvalue weighted by atomic mass is 16.5. The van der Waals surface area contributed by atoms with Crippen molar-refractivity contribution < 1.29 is 9.84 Å². The zero-order valence-corrected chi connectivity index (χ0v) is 10.7. The summed E-state index contributed by atoms with van der Waals surface area (Å²) in [5.74, 6) is 0.559. The van der Waals surface area contributed by atoms with Crippen LogP contribution in [0.1, 0.15) is 11.1 Å². The SMILES string of the molecule is COc1ccc(C=NNCc2ccccc2)cc1O. The molecule has 2 N–H and O–H groups in total. The van der Waals surface area contributed by atoms with E-state index in [0.717, 1.165) is 11.1 Å². The normalized spacial score (nSPS) is 10.6. The summed E-state index contributed by atoms with van der Waals surface area (Å²) in [6, 6.07) is 15.1. The van der Waals surface area contributed by atoms with E-state index in [2.05, 4.69) is 10.5 Å². The lowest BCUT2D eigenvalue weighted by molar-refractivity contribution is 0.373. The molecule has 0 unspecified atom stereocenters. The number of hydrazone groups is 1. The van der Waals surface area contributed by atoms with Crippen molar-refractivity contribution in [2.75, 3.05) is 7.11 Å². The van der Waals surface area contributed by atoms with Gasteiger partial charge in [0.05, 0.1) is 19.9 Å². The van der Waals surface area contributed by atoms with Crippen LogP contribution in [0.2, 0.25) is 0 Å². The summed E-state index contributed by atoms with van der Waals surface area (Å²) in [7, 11) is 1.52. The number of phenols is 1. The fraction of sp³-hybridized carbons (Fsp3) is 0.133. The van der Waals surface area contributed by atoms with E-state index in [-0.39, 0.29) is 5.75 Å². The Hall–Kier alpha value is -2.49. The van der Waals surface area contributed by atoms with Crippen molar-refractivity contribution in [3.05, 3.63) is 59.7 Å². The van der Waals surface area contributed by atoms with Gasteiger partial charge in [0.25, 0.3) is 0 Å². The summed E-state index contributed by atoms with van der Waals surface area (Å²) in [6.45, 7) is 0.666. The van der Waals surface area contributed by atoms with E-state index in [9.17, 15) is 5.11 Å². The lowest BCUT2D eigenvalue weighted by Crippen LogP contribution is -2.05. The molecule has 2 aromatic carbocycles. The van der Waals surface area contributed by atoms with Crippen LogP contribution in [0.3, 0.4) is 0 Å². The molecule has 0 aromatic heterocycles. The third-order valence-electron chi connectivity index (χ3n) is 2.63. The van der Waals surface area contributed by atoms with Crippen molar-refractivity contribution in [3.8, 4) is 11.5 Å². The molecular weight excluding hydrogens is 240 g/mol. The number of nitrogens with one attached hydrogen (secondary N) is 1. The van der Waals surface area contributed by atoms with Crippen molar-refractivity contribution in [3.63, 3.8) is 0 Å². The number of methoxy groups -OCH3 is 1. The minimum absolute atomic E-state index is 0.106. The molecule has 98 valence electrons. The lowest BCUT2D eigenvalue weighted by atomic mass is 10.2. The van der Waals surface area contributed by atoms with Crippen LogP contribution in [0.5, 0.6) is 11.5 Å². The summed E-state index contributed by atoms with van der Waals surface area (Å²) in [5, 5.41) is 13.7. The fourth-order valence-electron chi connectivity index (χ4n) is 1.64. The molecule has 0 saturated heterocycles. The van der Waals surface area contributed by atoms with Crippen LogP contribution < -0.4 is 10.2 Å². The van der Waals surface area contributed by atoms with E-state index in [1.54, 1.807) is 18.3 Å². The van der Waals surface area contributed by atoms with Gasteiger partial charge in [-0.3, -0.25) is 0 Å². The molecule has 0 radical (unpaired) electrons. The third kappa shape index (κ3) is 3.74. The van der Waals surface area contributed by atoms with E-state index < -0.39 is 0 Å². The van der Waals surface area contributed by atoms with Gasteiger partial charge in [0.2, 0.25) is 0 Å². The zero-order valence-electron chi connectivity index (χ0n) is 10.7. The maximum absolute atomic E-state index is 9.62. The molecular formula is C15H16N2O2. The average molecular weight is 256 g/mol. The Kier molecular flexibility index (Phi) is 4.39. The second kappa shape index (κ2) is 6.44. The third-order valence-corrected chi connectivity index (χ3v) is 2.63. The van der Waals surface area contributed by atoms with E-state index in [1.807, 2.05) is 36.4 Å². The van der Waals surface area contributed by atoms with E-state index in [1.165, 1.54) is 7.11 Å². The first-order chi connectivity index (χ1) is 9.29. The maximum Gasteiger partial charge on any atom is 0.160 e. The van der Waals surface area contributed by atoms with Crippen molar-refractivity contribution in [1.29, 1.82) is 0 Å². The molecule has 0 aliphatic heterocycles. The lowest BCUT2D eigenvalue weighted by Gasteiger charge is -2.03. The van der Waals surface area contributed by atoms with Gasteiger partial charge >= 0.3 is 0 Å². The molecule has 0 heterocycles. The summed E-state index contributed by atoms with van der Waals surface area (Å²) in [4.78, 5) is 0. The summed E-state index contributed by atoms with van der Waals surface area (Å²) in [5.41, 5.74) is 4.92. The van der Waals surface area contributed by atoms with Gasteiger partial charge in [0.15, 0.2) is 11.5 Å². The maximum atomic E-state index is 9.62. The molecule has 0 aliphatic rings. The van der Waals surface area contributed by atoms with Crippen LogP contribution in [0.15, 0.2) is 53.6 Å². The van der Waals surface area contributed by atoms with Crippen molar-refractivity contribution in [2.45, 2.75) is 6.54 Å². The molecule has 2 rings (SSSR count). The number of ether oxygens (including phenoxy) is 1. The van der Waals surface area contributed by atoms with Crippen LogP contribution in [-0.4, -0.2) is 18.4 Å². The van der Waals surface area contributed by atoms with E-state index in [0.29, 0.717) is 12.3 Å². The predicted octanol–water partition coefficient (Wildman–Crippen LogP) is 2.52. The first-order valence-corrected chi connectivity index (χ1v) is 5.96. The standard InChI is InChI=1S/C15H16N2O2/c1-19-15-8-7-13(9-14(15)18)11-17-16-10-12-5-3-2-4-6-12/h2-9,11,16,18H,10H2,1H3. The second-order valence-corrected chi connectivity index (χ2v) is 4.01. The number of hydrogen-bond donors (Lipinski definition) is 2. The fourth-order valence-corrected chi connectivity index (χ4v) is 1.64. The van der Waals surface area contributed by atoms with Gasteiger partial charge in [-0.15, -0.1) is 0 Å². The molecule has 19 heavy (non-hydrogen) atoms. The first-order valence-electron chi connectivity index (χ1n) is 5.96. The largest absolute Gasteiger partial charge is 0.504 e. The molecule has 0 amide bonds. The molecule has 4 nitrogen and oxygen atoms in total. The van der Waals surface area contributed by atoms with Crippen LogP contribution in [-0.2, 0) is 6.54 Å². The van der Waals surface area contributed by atoms with Gasteiger partial charge in [-0.05, 0) is 29.3 Å². The van der Waals surface area contributed by atoms with Crippen LogP contribution in [0.4, 0.5) is 0 Å². The predicted molar refractivity (Wildman–Crippen MR) is 75.5 cm³/mol. The Morgan fingerprint density at radius 3 is 2.68 bits per heavy atom. The van der Waals surface area contributed by atoms with Crippen molar-refractivity contribution >= 4 is 6.21 Å². The molecule has 0 saturated carbocycles. The average Bonchev–Trinajstić information content (AvgIpc) is 2.45. The number of rotatable bonds is 5. The van der Waals surface area contributed by atoms with Gasteiger partial charge in [-0.2, -0.15) is 5.10 Å². The monoisotopic (exact) mass is 256 g/mol. The molecule has 4 heteroatoms. The molecule has 0 aliphatic carbocycles. The smallest absolute Gasteiger partial charge is 0.160 e. The highest BCUT2D eigenvalue weighted by Crippen LogP contribution is 2.25. The quantitative estimate of drug-likeness (QED) is 0.638. The summed E-state index contributed by atoms with van der Waals surface area (Å²) >= 11 is 0. The van der Waals surface area contributed by atoms with E-state index >= 15 is 0 Å². The topological polar surface area (TPSA) is 53.8 Å². The summed E-state index contributed by atoms with van der Waals surface area (Å²) < 4.78 is 4.97. The number of benzene rings is 2. The number of hydrogen-bond acceptors (Lipinski definition) is 4. The summed E-state index contributed by atoms with van der Waals surface area (Å²) in [6.07, 6.45) is 1.65. The van der Waals surface area contributed by atoms with Gasteiger partial charge in [0.1, 0.15) is 0 Å². The minimum Gasteiger partial charge on any atom is -0.504 e. The molecule has 0 atom stereocenters. The molecule has 0 bridgehead atoms. The van der Waals surface area contributed by atoms with Crippen LogP contribution in [0.25, 0.3) is 0 Å². The molecule has 0 spiro atoms. The molecule has 2 aromatic rings. The number of aromatic hydroxyl groups is 1. The van der Waals surface area contributed by atoms with E-state index in [4.69, 9.17) is 4.74 Å². The van der Waals surface area contributed by atoms with Crippen LogP contribution in [0, 0.1) is 0 Å². The minimum atomic E-state index is 0.106. The Balaban J connectivity index is 1.90.